The molecule has 0 spiro atoms. The van der Waals surface area contributed by atoms with Crippen molar-refractivity contribution in [1.29, 1.82) is 0 Å². The molecule has 3 N–H and O–H groups in total. The number of halogens is 1. The molecule has 23 heavy (non-hydrogen) atoms. The van der Waals surface area contributed by atoms with E-state index in [4.69, 9.17) is 10.8 Å². The highest BCUT2D eigenvalue weighted by molar-refractivity contribution is 8.13. The lowest BCUT2D eigenvalue weighted by atomic mass is 10.1. The SMILES string of the molecule is NC(=NN=Cc1cccc(F)c1C(=O)O)SCc1ccccc1. The van der Waals surface area contributed by atoms with Gasteiger partial charge >= 0.3 is 5.97 Å². The van der Waals surface area contributed by atoms with Crippen LogP contribution in [-0.4, -0.2) is 22.5 Å². The van der Waals surface area contributed by atoms with E-state index in [0.717, 1.165) is 11.6 Å². The van der Waals surface area contributed by atoms with Crippen LogP contribution in [0.15, 0.2) is 58.7 Å². The fourth-order valence-electron chi connectivity index (χ4n) is 1.78. The number of rotatable bonds is 5. The van der Waals surface area contributed by atoms with Crippen molar-refractivity contribution in [3.8, 4) is 0 Å². The number of carboxylic acid groups (broad SMARTS) is 1. The van der Waals surface area contributed by atoms with Gasteiger partial charge in [0.2, 0.25) is 0 Å². The van der Waals surface area contributed by atoms with E-state index < -0.39 is 17.3 Å². The Morgan fingerprint density at radius 2 is 1.96 bits per heavy atom. The summed E-state index contributed by atoms with van der Waals surface area (Å²) in [4.78, 5) is 11.0. The number of aromatic carboxylic acids is 1. The molecule has 5 nitrogen and oxygen atoms in total. The van der Waals surface area contributed by atoms with Gasteiger partial charge in [-0.05, 0) is 11.6 Å². The predicted molar refractivity (Wildman–Crippen MR) is 90.3 cm³/mol. The van der Waals surface area contributed by atoms with Crippen LogP contribution in [0.1, 0.15) is 21.5 Å². The van der Waals surface area contributed by atoms with Crippen molar-refractivity contribution in [3.63, 3.8) is 0 Å². The molecule has 0 saturated carbocycles. The minimum atomic E-state index is -1.36. The summed E-state index contributed by atoms with van der Waals surface area (Å²) >= 11 is 1.30. The first-order valence-electron chi connectivity index (χ1n) is 6.63. The largest absolute Gasteiger partial charge is 0.478 e. The molecule has 0 aliphatic carbocycles. The van der Waals surface area contributed by atoms with Crippen molar-refractivity contribution in [2.24, 2.45) is 15.9 Å². The van der Waals surface area contributed by atoms with Gasteiger partial charge in [-0.25, -0.2) is 9.18 Å². The van der Waals surface area contributed by atoms with E-state index in [1.54, 1.807) is 0 Å². The van der Waals surface area contributed by atoms with Gasteiger partial charge in [-0.3, -0.25) is 0 Å². The molecule has 0 atom stereocenters. The average molecular weight is 331 g/mol. The maximum Gasteiger partial charge on any atom is 0.339 e. The van der Waals surface area contributed by atoms with Crippen LogP contribution in [0.3, 0.4) is 0 Å². The summed E-state index contributed by atoms with van der Waals surface area (Å²) in [6, 6.07) is 13.6. The quantitative estimate of drug-likeness (QED) is 0.500. The molecule has 2 aromatic rings. The number of nitrogens with zero attached hydrogens (tertiary/aromatic N) is 2. The molecule has 0 aliphatic rings. The van der Waals surface area contributed by atoms with Crippen LogP contribution >= 0.6 is 11.8 Å². The number of nitrogens with two attached hydrogens (primary N) is 1. The summed E-state index contributed by atoms with van der Waals surface area (Å²) in [7, 11) is 0. The molecule has 0 fully saturated rings. The standard InChI is InChI=1S/C16H14FN3O2S/c17-13-8-4-7-12(14(13)15(21)22)9-19-20-16(18)23-10-11-5-2-1-3-6-11/h1-9H,10H2,(H2,18,20)(H,21,22). The molecule has 0 heterocycles. The van der Waals surface area contributed by atoms with Gasteiger partial charge in [-0.15, -0.1) is 5.10 Å². The second-order valence-corrected chi connectivity index (χ2v) is 5.46. The molecule has 0 bridgehead atoms. The summed E-state index contributed by atoms with van der Waals surface area (Å²) in [6.45, 7) is 0. The topological polar surface area (TPSA) is 88.0 Å². The van der Waals surface area contributed by atoms with Gasteiger partial charge in [0.15, 0.2) is 5.17 Å². The van der Waals surface area contributed by atoms with Gasteiger partial charge in [0.05, 0.1) is 6.21 Å². The lowest BCUT2D eigenvalue weighted by Crippen LogP contribution is -2.07. The third-order valence-corrected chi connectivity index (χ3v) is 3.70. The van der Waals surface area contributed by atoms with Crippen molar-refractivity contribution in [2.75, 3.05) is 0 Å². The number of hydrogen-bond donors (Lipinski definition) is 2. The Kier molecular flexibility index (Phi) is 5.87. The van der Waals surface area contributed by atoms with Crippen LogP contribution < -0.4 is 5.73 Å². The molecule has 0 aliphatic heterocycles. The average Bonchev–Trinajstić information content (AvgIpc) is 2.53. The molecule has 118 valence electrons. The zero-order valence-corrected chi connectivity index (χ0v) is 12.8. The summed E-state index contributed by atoms with van der Waals surface area (Å²) < 4.78 is 13.5. The van der Waals surface area contributed by atoms with Crippen LogP contribution in [0.25, 0.3) is 0 Å². The van der Waals surface area contributed by atoms with Crippen LogP contribution in [-0.2, 0) is 5.75 Å². The lowest BCUT2D eigenvalue weighted by Gasteiger charge is -2.01. The summed E-state index contributed by atoms with van der Waals surface area (Å²) in [5.74, 6) is -1.54. The molecule has 0 unspecified atom stereocenters. The van der Waals surface area contributed by atoms with Gasteiger partial charge < -0.3 is 10.8 Å². The molecule has 0 aromatic heterocycles. The van der Waals surface area contributed by atoms with Gasteiger partial charge in [0.25, 0.3) is 0 Å². The van der Waals surface area contributed by atoms with E-state index in [0.29, 0.717) is 5.75 Å². The molecule has 0 saturated heterocycles. The molecule has 0 radical (unpaired) electrons. The Hall–Kier alpha value is -2.67. The minimum Gasteiger partial charge on any atom is -0.478 e. The van der Waals surface area contributed by atoms with E-state index in [-0.39, 0.29) is 10.7 Å². The highest BCUT2D eigenvalue weighted by Gasteiger charge is 2.13. The predicted octanol–water partition coefficient (Wildman–Crippen LogP) is 3.11. The highest BCUT2D eigenvalue weighted by Crippen LogP contribution is 2.13. The molecule has 7 heteroatoms. The van der Waals surface area contributed by atoms with Gasteiger partial charge in [0, 0.05) is 11.3 Å². The van der Waals surface area contributed by atoms with Crippen molar-refractivity contribution in [1.82, 2.24) is 0 Å². The van der Waals surface area contributed by atoms with E-state index in [1.165, 1.54) is 30.1 Å². The molecule has 0 amide bonds. The monoisotopic (exact) mass is 331 g/mol. The van der Waals surface area contributed by atoms with E-state index in [9.17, 15) is 9.18 Å². The van der Waals surface area contributed by atoms with Crippen molar-refractivity contribution in [2.45, 2.75) is 5.75 Å². The maximum absolute atomic E-state index is 13.5. The fraction of sp³-hybridized carbons (Fsp3) is 0.0625. The lowest BCUT2D eigenvalue weighted by molar-refractivity contribution is 0.0692. The Labute approximate surface area is 136 Å². The van der Waals surface area contributed by atoms with Gasteiger partial charge in [-0.1, -0.05) is 54.2 Å². The van der Waals surface area contributed by atoms with Crippen LogP contribution in [0, 0.1) is 5.82 Å². The van der Waals surface area contributed by atoms with Gasteiger partial charge in [-0.2, -0.15) is 5.10 Å². The third kappa shape index (κ3) is 4.93. The number of carbonyl (C=O) groups is 1. The summed E-state index contributed by atoms with van der Waals surface area (Å²) in [5, 5.41) is 16.7. The molecule has 2 aromatic carbocycles. The first-order chi connectivity index (χ1) is 11.1. The Bertz CT molecular complexity index is 748. The first-order valence-corrected chi connectivity index (χ1v) is 7.61. The first kappa shape index (κ1) is 16.7. The van der Waals surface area contributed by atoms with Crippen molar-refractivity contribution < 1.29 is 14.3 Å². The van der Waals surface area contributed by atoms with Crippen LogP contribution in [0.2, 0.25) is 0 Å². The third-order valence-electron chi connectivity index (χ3n) is 2.84. The van der Waals surface area contributed by atoms with Crippen LogP contribution in [0.5, 0.6) is 0 Å². The van der Waals surface area contributed by atoms with Crippen molar-refractivity contribution in [3.05, 3.63) is 71.0 Å². The van der Waals surface area contributed by atoms with E-state index in [1.807, 2.05) is 30.3 Å². The van der Waals surface area contributed by atoms with Crippen molar-refractivity contribution >= 4 is 29.1 Å². The van der Waals surface area contributed by atoms with Crippen LogP contribution in [0.4, 0.5) is 4.39 Å². The normalized spacial score (nSPS) is 11.8. The Morgan fingerprint density at radius 3 is 2.65 bits per heavy atom. The second kappa shape index (κ2) is 8.09. The summed E-state index contributed by atoms with van der Waals surface area (Å²) in [6.07, 6.45) is 1.17. The number of carboxylic acids is 1. The Morgan fingerprint density at radius 1 is 1.22 bits per heavy atom. The highest BCUT2D eigenvalue weighted by atomic mass is 32.2. The number of amidine groups is 1. The number of benzene rings is 2. The summed E-state index contributed by atoms with van der Waals surface area (Å²) in [5.41, 5.74) is 6.50. The van der Waals surface area contributed by atoms with Gasteiger partial charge in [0.1, 0.15) is 11.4 Å². The fourth-order valence-corrected chi connectivity index (χ4v) is 2.39. The zero-order valence-electron chi connectivity index (χ0n) is 12.0. The molecular formula is C16H14FN3O2S. The Balaban J connectivity index is 2.03. The zero-order chi connectivity index (χ0) is 16.7. The maximum atomic E-state index is 13.5. The smallest absolute Gasteiger partial charge is 0.339 e. The molecule has 2 rings (SSSR count). The number of hydrogen-bond acceptors (Lipinski definition) is 4. The number of thioether (sulfide) groups is 1. The minimum absolute atomic E-state index is 0.127. The van der Waals surface area contributed by atoms with E-state index in [2.05, 4.69) is 10.2 Å². The second-order valence-electron chi connectivity index (χ2n) is 4.47. The van der Waals surface area contributed by atoms with E-state index >= 15 is 0 Å². The molecular weight excluding hydrogens is 317 g/mol.